The van der Waals surface area contributed by atoms with Crippen molar-refractivity contribution in [3.05, 3.63) is 40.7 Å². The highest BCUT2D eigenvalue weighted by molar-refractivity contribution is 6.28. The van der Waals surface area contributed by atoms with Crippen LogP contribution in [-0.2, 0) is 30.2 Å². The first kappa shape index (κ1) is 43.0. The number of ether oxygens (including phenoxy) is 6. The summed E-state index contributed by atoms with van der Waals surface area (Å²) in [5.74, 6) is 3.91. The second kappa shape index (κ2) is 25.9. The first-order valence-electron chi connectivity index (χ1n) is 16.2. The van der Waals surface area contributed by atoms with Crippen LogP contribution in [0.15, 0.2) is 24.3 Å². The van der Waals surface area contributed by atoms with Gasteiger partial charge < -0.3 is 54.7 Å². The van der Waals surface area contributed by atoms with Gasteiger partial charge in [0.05, 0.1) is 70.1 Å². The van der Waals surface area contributed by atoms with Crippen molar-refractivity contribution in [2.45, 2.75) is 71.9 Å². The van der Waals surface area contributed by atoms with Crippen LogP contribution in [0.2, 0.25) is 5.28 Å². The number of benzene rings is 1. The van der Waals surface area contributed by atoms with Crippen LogP contribution in [0.1, 0.15) is 58.6 Å². The SMILES string of the molecule is C#CCOCCOCCOCCOCCOc1cccc(CNc2nc(Cl)nc(NC3CCC(CO)O3)c2C=N)c1.CC.CC(C)(C)O. The molecular weight excluding hydrogens is 642 g/mol. The molecule has 48 heavy (non-hydrogen) atoms. The predicted octanol–water partition coefficient (Wildman–Crippen LogP) is 4.53. The molecule has 0 bridgehead atoms. The second-order valence-electron chi connectivity index (χ2n) is 11.0. The van der Waals surface area contributed by atoms with Gasteiger partial charge in [-0.1, -0.05) is 31.9 Å². The third-order valence-corrected chi connectivity index (χ3v) is 6.00. The average molecular weight is 696 g/mol. The van der Waals surface area contributed by atoms with Gasteiger partial charge in [0.15, 0.2) is 0 Å². The Balaban J connectivity index is 0.00000150. The average Bonchev–Trinajstić information content (AvgIpc) is 3.52. The van der Waals surface area contributed by atoms with Crippen molar-refractivity contribution in [2.24, 2.45) is 0 Å². The number of aromatic nitrogens is 2. The largest absolute Gasteiger partial charge is 0.491 e. The third-order valence-electron chi connectivity index (χ3n) is 5.83. The van der Waals surface area contributed by atoms with E-state index >= 15 is 0 Å². The van der Waals surface area contributed by atoms with E-state index in [4.69, 9.17) is 57.0 Å². The molecule has 0 aliphatic carbocycles. The molecule has 3 rings (SSSR count). The zero-order chi connectivity index (χ0) is 35.6. The van der Waals surface area contributed by atoms with Crippen molar-refractivity contribution >= 4 is 29.5 Å². The van der Waals surface area contributed by atoms with Gasteiger partial charge in [-0.2, -0.15) is 9.97 Å². The summed E-state index contributed by atoms with van der Waals surface area (Å²) in [6, 6.07) is 7.64. The smallest absolute Gasteiger partial charge is 0.226 e. The quantitative estimate of drug-likeness (QED) is 0.0536. The number of rotatable bonds is 21. The van der Waals surface area contributed by atoms with Crippen LogP contribution in [0.3, 0.4) is 0 Å². The summed E-state index contributed by atoms with van der Waals surface area (Å²) in [7, 11) is 0. The molecular formula is C34H54ClN5O8. The number of aliphatic hydroxyl groups is 2. The van der Waals surface area contributed by atoms with Crippen molar-refractivity contribution in [3.63, 3.8) is 0 Å². The summed E-state index contributed by atoms with van der Waals surface area (Å²) in [4.78, 5) is 8.49. The van der Waals surface area contributed by atoms with Crippen LogP contribution in [0.4, 0.5) is 11.6 Å². The van der Waals surface area contributed by atoms with E-state index in [9.17, 15) is 5.11 Å². The fourth-order valence-corrected chi connectivity index (χ4v) is 4.03. The van der Waals surface area contributed by atoms with Crippen molar-refractivity contribution in [3.8, 4) is 18.1 Å². The van der Waals surface area contributed by atoms with Crippen molar-refractivity contribution in [1.29, 1.82) is 5.41 Å². The highest BCUT2D eigenvalue weighted by Crippen LogP contribution is 2.26. The predicted molar refractivity (Wildman–Crippen MR) is 188 cm³/mol. The first-order valence-corrected chi connectivity index (χ1v) is 16.5. The van der Waals surface area contributed by atoms with E-state index < -0.39 is 5.60 Å². The molecule has 2 atom stereocenters. The van der Waals surface area contributed by atoms with Gasteiger partial charge in [-0.05, 0) is 62.9 Å². The lowest BCUT2D eigenvalue weighted by atomic mass is 10.2. The molecule has 1 aliphatic rings. The van der Waals surface area contributed by atoms with Crippen molar-refractivity contribution < 1.29 is 38.6 Å². The van der Waals surface area contributed by atoms with Crippen LogP contribution in [0.25, 0.3) is 0 Å². The maximum atomic E-state index is 9.31. The molecule has 0 amide bonds. The van der Waals surface area contributed by atoms with Gasteiger partial charge in [0.1, 0.15) is 36.8 Å². The number of hydrogen-bond donors (Lipinski definition) is 5. The Morgan fingerprint density at radius 2 is 1.58 bits per heavy atom. The van der Waals surface area contributed by atoms with E-state index in [1.807, 2.05) is 38.1 Å². The minimum Gasteiger partial charge on any atom is -0.491 e. The Bertz CT molecular complexity index is 1190. The Hall–Kier alpha value is -3.06. The number of nitrogens with zero attached hydrogens (tertiary/aromatic N) is 2. The summed E-state index contributed by atoms with van der Waals surface area (Å²) < 4.78 is 33.0. The van der Waals surface area contributed by atoms with Crippen molar-refractivity contribution in [1.82, 2.24) is 9.97 Å². The van der Waals surface area contributed by atoms with E-state index in [0.717, 1.165) is 18.2 Å². The molecule has 1 aromatic heterocycles. The first-order chi connectivity index (χ1) is 23.1. The topological polar surface area (TPSA) is 170 Å². The van der Waals surface area contributed by atoms with Gasteiger partial charge in [0, 0.05) is 12.8 Å². The molecule has 1 saturated heterocycles. The number of anilines is 2. The lowest BCUT2D eigenvalue weighted by molar-refractivity contribution is -0.00187. The van der Waals surface area contributed by atoms with Crippen LogP contribution in [0.5, 0.6) is 5.75 Å². The van der Waals surface area contributed by atoms with E-state index in [1.54, 1.807) is 20.8 Å². The van der Waals surface area contributed by atoms with E-state index in [0.29, 0.717) is 95.4 Å². The number of nitrogens with one attached hydrogen (secondary N) is 3. The number of halogens is 1. The van der Waals surface area contributed by atoms with Gasteiger partial charge in [0.2, 0.25) is 5.28 Å². The minimum atomic E-state index is -0.500. The molecule has 2 unspecified atom stereocenters. The summed E-state index contributed by atoms with van der Waals surface area (Å²) in [5, 5.41) is 32.2. The monoisotopic (exact) mass is 695 g/mol. The normalized spacial score (nSPS) is 15.3. The van der Waals surface area contributed by atoms with Crippen LogP contribution >= 0.6 is 11.6 Å². The summed E-state index contributed by atoms with van der Waals surface area (Å²) >= 11 is 6.17. The van der Waals surface area contributed by atoms with Gasteiger partial charge >= 0.3 is 0 Å². The van der Waals surface area contributed by atoms with Gasteiger partial charge in [0.25, 0.3) is 0 Å². The van der Waals surface area contributed by atoms with Crippen LogP contribution < -0.4 is 15.4 Å². The van der Waals surface area contributed by atoms with Gasteiger partial charge in [-0.25, -0.2) is 0 Å². The number of hydrogen-bond acceptors (Lipinski definition) is 13. The standard InChI is InChI=1S/C28H38ClN5O7.C4H10O.C2H6/c1-2-8-36-9-10-37-11-12-38-13-14-39-15-16-40-22-5-3-4-21(17-22)19-31-26-24(18-30)27(34-28(29)33-26)32-25-7-6-23(20-35)41-25;1-4(2,3)5;1-2/h1,3-5,17-18,23,25,30,35H,6-16,19-20H2,(H2,31,32,33,34);5H,1-3H3;1-2H3. The molecule has 0 spiro atoms. The number of aliphatic hydroxyl groups excluding tert-OH is 1. The molecule has 270 valence electrons. The molecule has 2 aromatic rings. The van der Waals surface area contributed by atoms with Gasteiger partial charge in [-0.15, -0.1) is 6.42 Å². The van der Waals surface area contributed by atoms with E-state index in [2.05, 4.69) is 26.5 Å². The van der Waals surface area contributed by atoms with Crippen molar-refractivity contribution in [2.75, 3.05) is 76.7 Å². The third kappa shape index (κ3) is 20.3. The zero-order valence-corrected chi connectivity index (χ0v) is 29.7. The molecule has 1 fully saturated rings. The lowest BCUT2D eigenvalue weighted by Gasteiger charge is -2.18. The Morgan fingerprint density at radius 3 is 2.15 bits per heavy atom. The fraction of sp³-hybridized carbons (Fsp3) is 0.618. The minimum absolute atomic E-state index is 0.0373. The molecule has 14 heteroatoms. The fourth-order valence-electron chi connectivity index (χ4n) is 3.86. The molecule has 1 aromatic carbocycles. The molecule has 5 N–H and O–H groups in total. The Morgan fingerprint density at radius 1 is 1.00 bits per heavy atom. The maximum absolute atomic E-state index is 9.31. The second-order valence-corrected chi connectivity index (χ2v) is 11.4. The lowest BCUT2D eigenvalue weighted by Crippen LogP contribution is -2.23. The van der Waals surface area contributed by atoms with E-state index in [1.165, 1.54) is 0 Å². The summed E-state index contributed by atoms with van der Waals surface area (Å²) in [5.41, 5.74) is 0.906. The molecule has 2 heterocycles. The highest BCUT2D eigenvalue weighted by atomic mass is 35.5. The Kier molecular flexibility index (Phi) is 23.2. The van der Waals surface area contributed by atoms with E-state index in [-0.39, 0.29) is 24.2 Å². The summed E-state index contributed by atoms with van der Waals surface area (Å²) in [6.45, 7) is 13.6. The zero-order valence-electron chi connectivity index (χ0n) is 28.9. The maximum Gasteiger partial charge on any atom is 0.226 e. The van der Waals surface area contributed by atoms with Gasteiger partial charge in [-0.3, -0.25) is 0 Å². The highest BCUT2D eigenvalue weighted by Gasteiger charge is 2.26. The number of terminal acetylenes is 1. The summed E-state index contributed by atoms with van der Waals surface area (Å²) in [6.07, 6.45) is 7.16. The molecule has 1 aliphatic heterocycles. The molecule has 0 saturated carbocycles. The Labute approximate surface area is 290 Å². The molecule has 13 nitrogen and oxygen atoms in total. The van der Waals surface area contributed by atoms with Crippen LogP contribution in [0, 0.1) is 17.8 Å². The van der Waals surface area contributed by atoms with Crippen LogP contribution in [-0.4, -0.2) is 110 Å². The molecule has 0 radical (unpaired) electrons.